The number of hydrogen-bond donors (Lipinski definition) is 0. The highest BCUT2D eigenvalue weighted by atomic mass is 16.1. The van der Waals surface area contributed by atoms with Crippen molar-refractivity contribution in [3.8, 4) is 0 Å². The van der Waals surface area contributed by atoms with Gasteiger partial charge in [0.05, 0.1) is 17.2 Å². The van der Waals surface area contributed by atoms with Gasteiger partial charge in [-0.2, -0.15) is 0 Å². The fourth-order valence-electron chi connectivity index (χ4n) is 2.47. The molecule has 0 aliphatic carbocycles. The zero-order chi connectivity index (χ0) is 14.8. The lowest BCUT2D eigenvalue weighted by molar-refractivity contribution is 0.0988. The van der Waals surface area contributed by atoms with Crippen LogP contribution in [0, 0.1) is 13.8 Å². The highest BCUT2D eigenvalue weighted by molar-refractivity contribution is 5.97. The summed E-state index contributed by atoms with van der Waals surface area (Å²) in [4.78, 5) is 21.2. The zero-order valence-corrected chi connectivity index (χ0v) is 12.1. The van der Waals surface area contributed by atoms with Crippen LogP contribution in [-0.2, 0) is 6.42 Å². The van der Waals surface area contributed by atoms with Gasteiger partial charge in [-0.15, -0.1) is 0 Å². The molecule has 1 heterocycles. The molecular weight excluding hydrogens is 260 g/mol. The molecule has 3 rings (SSSR count). The van der Waals surface area contributed by atoms with Crippen LogP contribution in [0.5, 0.6) is 0 Å². The van der Waals surface area contributed by atoms with E-state index in [4.69, 9.17) is 0 Å². The molecule has 0 atom stereocenters. The van der Waals surface area contributed by atoms with Crippen molar-refractivity contribution in [2.24, 2.45) is 0 Å². The molecule has 104 valence electrons. The Kier molecular flexibility index (Phi) is 3.48. The topological polar surface area (TPSA) is 42.9 Å². The molecular formula is C18H16N2O. The van der Waals surface area contributed by atoms with E-state index in [9.17, 15) is 4.79 Å². The van der Waals surface area contributed by atoms with Gasteiger partial charge in [-0.25, -0.2) is 4.98 Å². The summed E-state index contributed by atoms with van der Waals surface area (Å²) in [6.45, 7) is 4.06. The second-order valence-electron chi connectivity index (χ2n) is 5.21. The Hall–Kier alpha value is -2.55. The van der Waals surface area contributed by atoms with E-state index < -0.39 is 0 Å². The predicted octanol–water partition coefficient (Wildman–Crippen LogP) is 3.67. The zero-order valence-electron chi connectivity index (χ0n) is 12.1. The van der Waals surface area contributed by atoms with Gasteiger partial charge in [-0.05, 0) is 42.7 Å². The molecule has 0 aliphatic heterocycles. The first-order valence-corrected chi connectivity index (χ1v) is 6.95. The van der Waals surface area contributed by atoms with Gasteiger partial charge < -0.3 is 0 Å². The maximum atomic E-state index is 12.5. The van der Waals surface area contributed by atoms with Gasteiger partial charge in [-0.3, -0.25) is 9.78 Å². The van der Waals surface area contributed by atoms with Crippen LogP contribution in [0.25, 0.3) is 11.0 Å². The fourth-order valence-corrected chi connectivity index (χ4v) is 2.47. The van der Waals surface area contributed by atoms with E-state index in [2.05, 4.69) is 9.97 Å². The van der Waals surface area contributed by atoms with Crippen molar-refractivity contribution in [3.05, 3.63) is 71.0 Å². The average molecular weight is 276 g/mol. The largest absolute Gasteiger partial charge is 0.292 e. The number of aryl methyl sites for hydroxylation is 2. The molecule has 0 N–H and O–H groups in total. The molecule has 0 saturated heterocycles. The van der Waals surface area contributed by atoms with Crippen LogP contribution in [0.1, 0.15) is 27.2 Å². The minimum atomic E-state index is 0.00523. The van der Waals surface area contributed by atoms with Gasteiger partial charge in [0.2, 0.25) is 0 Å². The Morgan fingerprint density at radius 2 is 1.62 bits per heavy atom. The number of carbonyl (C=O) groups excluding carboxylic acids is 1. The highest BCUT2D eigenvalue weighted by Crippen LogP contribution is 2.16. The first-order chi connectivity index (χ1) is 10.1. The molecule has 0 bridgehead atoms. The van der Waals surface area contributed by atoms with Crippen molar-refractivity contribution >= 4 is 16.8 Å². The Bertz CT molecular complexity index is 804. The number of benzene rings is 2. The van der Waals surface area contributed by atoms with Crippen molar-refractivity contribution in [2.75, 3.05) is 0 Å². The molecule has 0 aliphatic rings. The van der Waals surface area contributed by atoms with Crippen LogP contribution in [0.2, 0.25) is 0 Å². The minimum Gasteiger partial charge on any atom is -0.292 e. The van der Waals surface area contributed by atoms with E-state index in [0.29, 0.717) is 12.1 Å². The molecule has 0 spiro atoms. The van der Waals surface area contributed by atoms with Crippen LogP contribution in [0.4, 0.5) is 0 Å². The number of rotatable bonds is 3. The molecule has 21 heavy (non-hydrogen) atoms. The predicted molar refractivity (Wildman–Crippen MR) is 83.5 cm³/mol. The van der Waals surface area contributed by atoms with Crippen molar-refractivity contribution in [3.63, 3.8) is 0 Å². The van der Waals surface area contributed by atoms with E-state index in [0.717, 1.165) is 27.7 Å². The third-order valence-electron chi connectivity index (χ3n) is 3.72. The molecule has 3 nitrogen and oxygen atoms in total. The molecule has 0 unspecified atom stereocenters. The summed E-state index contributed by atoms with van der Waals surface area (Å²) < 4.78 is 0. The summed E-state index contributed by atoms with van der Waals surface area (Å²) in [5.41, 5.74) is 5.34. The second kappa shape index (κ2) is 5.44. The second-order valence-corrected chi connectivity index (χ2v) is 5.21. The lowest BCUT2D eigenvalue weighted by Crippen LogP contribution is -2.09. The fraction of sp³-hybridized carbons (Fsp3) is 0.167. The molecule has 1 aromatic heterocycles. The van der Waals surface area contributed by atoms with Gasteiger partial charge in [0.25, 0.3) is 0 Å². The van der Waals surface area contributed by atoms with E-state index in [-0.39, 0.29) is 5.78 Å². The number of fused-ring (bicyclic) bond motifs is 1. The van der Waals surface area contributed by atoms with Crippen LogP contribution < -0.4 is 0 Å². The number of carbonyl (C=O) groups is 1. The van der Waals surface area contributed by atoms with Crippen LogP contribution in [-0.4, -0.2) is 15.8 Å². The van der Waals surface area contributed by atoms with Crippen LogP contribution in [0.15, 0.2) is 48.7 Å². The summed E-state index contributed by atoms with van der Waals surface area (Å²) in [5, 5.41) is 0. The molecule has 0 radical (unpaired) electrons. The van der Waals surface area contributed by atoms with Crippen molar-refractivity contribution < 1.29 is 4.79 Å². The summed E-state index contributed by atoms with van der Waals surface area (Å²) in [6, 6.07) is 13.6. The molecule has 0 amide bonds. The SMILES string of the molecule is Cc1cccc(C)c1CC(=O)c1cnc2ccccc2n1. The Morgan fingerprint density at radius 3 is 2.33 bits per heavy atom. The molecule has 2 aromatic carbocycles. The third kappa shape index (κ3) is 2.68. The van der Waals surface area contributed by atoms with Crippen molar-refractivity contribution in [1.29, 1.82) is 0 Å². The van der Waals surface area contributed by atoms with Gasteiger partial charge in [-0.1, -0.05) is 30.3 Å². The van der Waals surface area contributed by atoms with Crippen LogP contribution >= 0.6 is 0 Å². The first-order valence-electron chi connectivity index (χ1n) is 6.95. The Morgan fingerprint density at radius 1 is 0.952 bits per heavy atom. The Balaban J connectivity index is 1.94. The number of nitrogens with zero attached hydrogens (tertiary/aromatic N) is 2. The van der Waals surface area contributed by atoms with E-state index >= 15 is 0 Å². The minimum absolute atomic E-state index is 0.00523. The number of hydrogen-bond acceptors (Lipinski definition) is 3. The maximum absolute atomic E-state index is 12.5. The lowest BCUT2D eigenvalue weighted by atomic mass is 9.97. The lowest BCUT2D eigenvalue weighted by Gasteiger charge is -2.08. The molecule has 0 fully saturated rings. The smallest absolute Gasteiger partial charge is 0.187 e. The molecule has 3 aromatic rings. The molecule has 0 saturated carbocycles. The van der Waals surface area contributed by atoms with Gasteiger partial charge in [0.1, 0.15) is 5.69 Å². The third-order valence-corrected chi connectivity index (χ3v) is 3.72. The number of para-hydroxylation sites is 2. The van der Waals surface area contributed by atoms with Gasteiger partial charge in [0.15, 0.2) is 5.78 Å². The standard InChI is InChI=1S/C18H16N2O/c1-12-6-5-7-13(2)14(12)10-18(21)17-11-19-15-8-3-4-9-16(15)20-17/h3-9,11H,10H2,1-2H3. The summed E-state index contributed by atoms with van der Waals surface area (Å²) in [7, 11) is 0. The van der Waals surface area contributed by atoms with E-state index in [1.807, 2.05) is 56.3 Å². The summed E-state index contributed by atoms with van der Waals surface area (Å²) >= 11 is 0. The summed E-state index contributed by atoms with van der Waals surface area (Å²) in [5.74, 6) is 0.00523. The maximum Gasteiger partial charge on any atom is 0.187 e. The normalized spacial score (nSPS) is 10.8. The Labute approximate surface area is 123 Å². The van der Waals surface area contributed by atoms with Crippen LogP contribution in [0.3, 0.4) is 0 Å². The number of Topliss-reactive ketones (excluding diaryl/α,β-unsaturated/α-hetero) is 1. The average Bonchev–Trinajstić information content (AvgIpc) is 2.50. The van der Waals surface area contributed by atoms with Crippen molar-refractivity contribution in [1.82, 2.24) is 9.97 Å². The first kappa shape index (κ1) is 13.4. The quantitative estimate of drug-likeness (QED) is 0.685. The molecule has 3 heteroatoms. The monoisotopic (exact) mass is 276 g/mol. The summed E-state index contributed by atoms with van der Waals surface area (Å²) in [6.07, 6.45) is 1.93. The van der Waals surface area contributed by atoms with Crippen molar-refractivity contribution in [2.45, 2.75) is 20.3 Å². The van der Waals surface area contributed by atoms with Gasteiger partial charge in [0, 0.05) is 6.42 Å². The van der Waals surface area contributed by atoms with E-state index in [1.54, 1.807) is 6.20 Å². The van der Waals surface area contributed by atoms with E-state index in [1.165, 1.54) is 0 Å². The van der Waals surface area contributed by atoms with Gasteiger partial charge >= 0.3 is 0 Å². The number of aromatic nitrogens is 2. The highest BCUT2D eigenvalue weighted by Gasteiger charge is 2.13. The number of ketones is 1.